The van der Waals surface area contributed by atoms with Gasteiger partial charge in [-0.3, -0.25) is 9.78 Å². The van der Waals surface area contributed by atoms with Crippen LogP contribution in [0.1, 0.15) is 23.7 Å². The van der Waals surface area contributed by atoms with Gasteiger partial charge in [0.05, 0.1) is 5.69 Å². The first-order chi connectivity index (χ1) is 8.13. The van der Waals surface area contributed by atoms with Gasteiger partial charge in [-0.25, -0.2) is 4.98 Å². The standard InChI is InChI=1S/C13H15N3O/c1-4-10-9(3)13(17)16-12(15-10)11-8(2)6-5-7-14-11/h5-7H,4H2,1-3H3,(H,15,16,17). The van der Waals surface area contributed by atoms with E-state index >= 15 is 0 Å². The maximum Gasteiger partial charge on any atom is 0.254 e. The second-order valence-corrected chi connectivity index (χ2v) is 4.01. The SMILES string of the molecule is CCc1nc(-c2ncccc2C)[nH]c(=O)c1C. The lowest BCUT2D eigenvalue weighted by Gasteiger charge is -2.07. The molecule has 2 aromatic rings. The van der Waals surface area contributed by atoms with Crippen molar-refractivity contribution in [1.29, 1.82) is 0 Å². The summed E-state index contributed by atoms with van der Waals surface area (Å²) in [5.41, 5.74) is 3.16. The lowest BCUT2D eigenvalue weighted by molar-refractivity contribution is 0.947. The minimum absolute atomic E-state index is 0.0862. The van der Waals surface area contributed by atoms with Crippen LogP contribution in [0, 0.1) is 13.8 Å². The predicted molar refractivity (Wildman–Crippen MR) is 66.9 cm³/mol. The quantitative estimate of drug-likeness (QED) is 0.857. The zero-order chi connectivity index (χ0) is 12.4. The molecule has 2 heterocycles. The number of H-pyrrole nitrogens is 1. The van der Waals surface area contributed by atoms with Gasteiger partial charge in [-0.15, -0.1) is 0 Å². The first kappa shape index (κ1) is 11.5. The molecular weight excluding hydrogens is 214 g/mol. The van der Waals surface area contributed by atoms with E-state index in [1.54, 1.807) is 13.1 Å². The molecule has 0 aliphatic heterocycles. The summed E-state index contributed by atoms with van der Waals surface area (Å²) >= 11 is 0. The third-order valence-corrected chi connectivity index (χ3v) is 2.82. The van der Waals surface area contributed by atoms with Crippen LogP contribution in [0.15, 0.2) is 23.1 Å². The number of hydrogen-bond acceptors (Lipinski definition) is 3. The predicted octanol–water partition coefficient (Wildman–Crippen LogP) is 2.01. The molecule has 2 aromatic heterocycles. The highest BCUT2D eigenvalue weighted by molar-refractivity contribution is 5.54. The molecule has 0 aliphatic rings. The average molecular weight is 229 g/mol. The molecular formula is C13H15N3O. The molecule has 2 rings (SSSR count). The van der Waals surface area contributed by atoms with Crippen molar-refractivity contribution in [2.45, 2.75) is 27.2 Å². The van der Waals surface area contributed by atoms with Crippen LogP contribution in [-0.4, -0.2) is 15.0 Å². The minimum Gasteiger partial charge on any atom is -0.305 e. The Morgan fingerprint density at radius 3 is 2.76 bits per heavy atom. The van der Waals surface area contributed by atoms with E-state index in [0.717, 1.165) is 23.4 Å². The van der Waals surface area contributed by atoms with Crippen LogP contribution in [0.4, 0.5) is 0 Å². The van der Waals surface area contributed by atoms with E-state index in [-0.39, 0.29) is 5.56 Å². The molecule has 0 saturated carbocycles. The number of aryl methyl sites for hydroxylation is 2. The van der Waals surface area contributed by atoms with Crippen LogP contribution in [0.5, 0.6) is 0 Å². The Kier molecular flexibility index (Phi) is 3.04. The highest BCUT2D eigenvalue weighted by Gasteiger charge is 2.10. The number of rotatable bonds is 2. The molecule has 0 fully saturated rings. The van der Waals surface area contributed by atoms with Gasteiger partial charge >= 0.3 is 0 Å². The van der Waals surface area contributed by atoms with E-state index in [1.807, 2.05) is 26.0 Å². The van der Waals surface area contributed by atoms with Crippen molar-refractivity contribution < 1.29 is 0 Å². The third kappa shape index (κ3) is 2.11. The molecule has 4 heteroatoms. The van der Waals surface area contributed by atoms with Crippen molar-refractivity contribution >= 4 is 0 Å². The van der Waals surface area contributed by atoms with Crippen LogP contribution in [0.2, 0.25) is 0 Å². The summed E-state index contributed by atoms with van der Waals surface area (Å²) in [6.45, 7) is 5.73. The van der Waals surface area contributed by atoms with Gasteiger partial charge in [-0.1, -0.05) is 13.0 Å². The number of pyridine rings is 1. The molecule has 0 spiro atoms. The van der Waals surface area contributed by atoms with E-state index in [2.05, 4.69) is 15.0 Å². The fraction of sp³-hybridized carbons (Fsp3) is 0.308. The van der Waals surface area contributed by atoms with Crippen molar-refractivity contribution in [1.82, 2.24) is 15.0 Å². The smallest absolute Gasteiger partial charge is 0.254 e. The van der Waals surface area contributed by atoms with E-state index in [4.69, 9.17) is 0 Å². The second kappa shape index (κ2) is 4.49. The van der Waals surface area contributed by atoms with Crippen molar-refractivity contribution in [2.24, 2.45) is 0 Å². The average Bonchev–Trinajstić information content (AvgIpc) is 2.33. The zero-order valence-corrected chi connectivity index (χ0v) is 10.2. The highest BCUT2D eigenvalue weighted by atomic mass is 16.1. The minimum atomic E-state index is -0.0862. The Balaban J connectivity index is 2.66. The molecule has 0 radical (unpaired) electrons. The largest absolute Gasteiger partial charge is 0.305 e. The summed E-state index contributed by atoms with van der Waals surface area (Å²) < 4.78 is 0. The summed E-state index contributed by atoms with van der Waals surface area (Å²) in [6.07, 6.45) is 2.45. The van der Waals surface area contributed by atoms with Crippen molar-refractivity contribution in [3.05, 3.63) is 45.5 Å². The first-order valence-corrected chi connectivity index (χ1v) is 5.65. The Hall–Kier alpha value is -1.97. The van der Waals surface area contributed by atoms with E-state index in [0.29, 0.717) is 11.4 Å². The molecule has 1 N–H and O–H groups in total. The number of hydrogen-bond donors (Lipinski definition) is 1. The summed E-state index contributed by atoms with van der Waals surface area (Å²) in [6, 6.07) is 3.82. The second-order valence-electron chi connectivity index (χ2n) is 4.01. The fourth-order valence-corrected chi connectivity index (χ4v) is 1.77. The van der Waals surface area contributed by atoms with Crippen molar-refractivity contribution in [3.63, 3.8) is 0 Å². The first-order valence-electron chi connectivity index (χ1n) is 5.65. The molecule has 0 aromatic carbocycles. The van der Waals surface area contributed by atoms with Crippen LogP contribution >= 0.6 is 0 Å². The molecule has 0 atom stereocenters. The lowest BCUT2D eigenvalue weighted by atomic mass is 10.1. The summed E-state index contributed by atoms with van der Waals surface area (Å²) in [5, 5.41) is 0. The van der Waals surface area contributed by atoms with Gasteiger partial charge in [0.25, 0.3) is 5.56 Å². The van der Waals surface area contributed by atoms with Crippen LogP contribution in [0.25, 0.3) is 11.5 Å². The summed E-state index contributed by atoms with van der Waals surface area (Å²) in [5.74, 6) is 0.551. The molecule has 0 saturated heterocycles. The van der Waals surface area contributed by atoms with Crippen molar-refractivity contribution in [2.75, 3.05) is 0 Å². The monoisotopic (exact) mass is 229 g/mol. The summed E-state index contributed by atoms with van der Waals surface area (Å²) in [7, 11) is 0. The third-order valence-electron chi connectivity index (χ3n) is 2.82. The lowest BCUT2D eigenvalue weighted by Crippen LogP contribution is -2.16. The van der Waals surface area contributed by atoms with Gasteiger partial charge in [-0.2, -0.15) is 0 Å². The number of aromatic nitrogens is 3. The van der Waals surface area contributed by atoms with Crippen molar-refractivity contribution in [3.8, 4) is 11.5 Å². The van der Waals surface area contributed by atoms with E-state index in [1.165, 1.54) is 0 Å². The molecule has 0 amide bonds. The Morgan fingerprint density at radius 1 is 1.35 bits per heavy atom. The molecule has 0 bridgehead atoms. The summed E-state index contributed by atoms with van der Waals surface area (Å²) in [4.78, 5) is 23.3. The molecule has 0 aliphatic carbocycles. The van der Waals surface area contributed by atoms with Crippen LogP contribution < -0.4 is 5.56 Å². The molecule has 17 heavy (non-hydrogen) atoms. The van der Waals surface area contributed by atoms with Gasteiger partial charge in [-0.05, 0) is 31.9 Å². The van der Waals surface area contributed by atoms with Gasteiger partial charge in [0.1, 0.15) is 5.69 Å². The molecule has 4 nitrogen and oxygen atoms in total. The van der Waals surface area contributed by atoms with Crippen LogP contribution in [-0.2, 0) is 6.42 Å². The molecule has 0 unspecified atom stereocenters. The Labute approximate surface area is 99.8 Å². The zero-order valence-electron chi connectivity index (χ0n) is 10.2. The Bertz CT molecular complexity index is 602. The van der Waals surface area contributed by atoms with Crippen LogP contribution in [0.3, 0.4) is 0 Å². The van der Waals surface area contributed by atoms with E-state index in [9.17, 15) is 4.79 Å². The van der Waals surface area contributed by atoms with Gasteiger partial charge in [0, 0.05) is 11.8 Å². The number of aromatic amines is 1. The Morgan fingerprint density at radius 2 is 2.12 bits per heavy atom. The molecule has 88 valence electrons. The highest BCUT2D eigenvalue weighted by Crippen LogP contribution is 2.15. The fourth-order valence-electron chi connectivity index (χ4n) is 1.77. The number of nitrogens with zero attached hydrogens (tertiary/aromatic N) is 2. The van der Waals surface area contributed by atoms with Gasteiger partial charge < -0.3 is 4.98 Å². The normalized spacial score (nSPS) is 10.5. The maximum absolute atomic E-state index is 11.8. The number of nitrogens with one attached hydrogen (secondary N) is 1. The van der Waals surface area contributed by atoms with E-state index < -0.39 is 0 Å². The van der Waals surface area contributed by atoms with Gasteiger partial charge in [0.15, 0.2) is 5.82 Å². The maximum atomic E-state index is 11.8. The topological polar surface area (TPSA) is 58.6 Å². The van der Waals surface area contributed by atoms with Gasteiger partial charge in [0.2, 0.25) is 0 Å².